The van der Waals surface area contributed by atoms with Crippen LogP contribution < -0.4 is 14.8 Å². The SMILES string of the molecule is O=C(N[C@H](CN1CCCC1)C(O)c1ccc2c(c1)OCCO2)[C@H]1CC[C@@H](C(=O)c2ccc(F)cc2)C1. The molecule has 2 aliphatic heterocycles. The molecule has 5 rings (SSSR count). The number of carbonyl (C=O) groups excluding carboxylic acids is 2. The molecule has 0 bridgehead atoms. The number of rotatable bonds is 8. The maximum atomic E-state index is 13.3. The molecule has 2 fully saturated rings. The van der Waals surface area contributed by atoms with Crippen molar-refractivity contribution in [2.75, 3.05) is 32.8 Å². The van der Waals surface area contributed by atoms with E-state index in [1.54, 1.807) is 12.1 Å². The lowest BCUT2D eigenvalue weighted by atomic mass is 9.94. The van der Waals surface area contributed by atoms with Crippen molar-refractivity contribution >= 4 is 11.7 Å². The van der Waals surface area contributed by atoms with Gasteiger partial charge in [-0.3, -0.25) is 9.59 Å². The first kappa shape index (κ1) is 24.7. The Hall–Kier alpha value is -2.97. The molecule has 1 unspecified atom stereocenters. The number of fused-ring (bicyclic) bond motifs is 1. The first-order chi connectivity index (χ1) is 17.5. The van der Waals surface area contributed by atoms with E-state index in [2.05, 4.69) is 10.2 Å². The molecular formula is C28H33FN2O5. The number of hydrogen-bond donors (Lipinski definition) is 2. The number of ketones is 1. The van der Waals surface area contributed by atoms with Crippen molar-refractivity contribution in [3.05, 3.63) is 59.4 Å². The Bertz CT molecular complexity index is 1090. The van der Waals surface area contributed by atoms with Gasteiger partial charge in [0.15, 0.2) is 17.3 Å². The molecule has 1 saturated carbocycles. The zero-order valence-electron chi connectivity index (χ0n) is 20.3. The molecule has 192 valence electrons. The molecule has 1 aliphatic carbocycles. The minimum atomic E-state index is -0.913. The predicted octanol–water partition coefficient (Wildman–Crippen LogP) is 3.51. The largest absolute Gasteiger partial charge is 0.486 e. The van der Waals surface area contributed by atoms with Gasteiger partial charge >= 0.3 is 0 Å². The Labute approximate surface area is 210 Å². The Morgan fingerprint density at radius 1 is 1.00 bits per heavy atom. The summed E-state index contributed by atoms with van der Waals surface area (Å²) in [6.45, 7) is 3.39. The molecule has 7 nitrogen and oxygen atoms in total. The molecule has 8 heteroatoms. The zero-order chi connectivity index (χ0) is 25.1. The summed E-state index contributed by atoms with van der Waals surface area (Å²) in [6, 6.07) is 10.5. The third-order valence-corrected chi connectivity index (χ3v) is 7.57. The van der Waals surface area contributed by atoms with Gasteiger partial charge in [-0.05, 0) is 87.2 Å². The lowest BCUT2D eigenvalue weighted by Gasteiger charge is -2.30. The minimum absolute atomic E-state index is 0.0461. The van der Waals surface area contributed by atoms with E-state index >= 15 is 0 Å². The van der Waals surface area contributed by atoms with Crippen LogP contribution in [0, 0.1) is 17.7 Å². The van der Waals surface area contributed by atoms with Crippen molar-refractivity contribution < 1.29 is 28.6 Å². The van der Waals surface area contributed by atoms with Crippen molar-refractivity contribution in [3.8, 4) is 11.5 Å². The summed E-state index contributed by atoms with van der Waals surface area (Å²) in [5.41, 5.74) is 1.14. The molecule has 3 aliphatic rings. The number of nitrogens with one attached hydrogen (secondary N) is 1. The van der Waals surface area contributed by atoms with Gasteiger partial charge < -0.3 is 24.8 Å². The van der Waals surface area contributed by atoms with Gasteiger partial charge in [-0.25, -0.2) is 4.39 Å². The fourth-order valence-electron chi connectivity index (χ4n) is 5.55. The lowest BCUT2D eigenvalue weighted by molar-refractivity contribution is -0.126. The van der Waals surface area contributed by atoms with E-state index in [4.69, 9.17) is 9.47 Å². The predicted molar refractivity (Wildman–Crippen MR) is 132 cm³/mol. The van der Waals surface area contributed by atoms with Crippen molar-refractivity contribution in [1.82, 2.24) is 10.2 Å². The average Bonchev–Trinajstić information content (AvgIpc) is 3.60. The van der Waals surface area contributed by atoms with E-state index in [0.29, 0.717) is 61.6 Å². The Balaban J connectivity index is 1.26. The molecule has 2 heterocycles. The van der Waals surface area contributed by atoms with Crippen molar-refractivity contribution in [2.24, 2.45) is 11.8 Å². The van der Waals surface area contributed by atoms with Gasteiger partial charge in [0.25, 0.3) is 0 Å². The summed E-state index contributed by atoms with van der Waals surface area (Å²) in [4.78, 5) is 28.4. The normalized spacial score (nSPS) is 23.3. The Morgan fingerprint density at radius 2 is 1.69 bits per heavy atom. The van der Waals surface area contributed by atoms with E-state index in [1.807, 2.05) is 6.07 Å². The molecule has 1 saturated heterocycles. The molecule has 0 radical (unpaired) electrons. The summed E-state index contributed by atoms with van der Waals surface area (Å²) in [5, 5.41) is 14.4. The quantitative estimate of drug-likeness (QED) is 0.544. The van der Waals surface area contributed by atoms with Crippen LogP contribution in [0.3, 0.4) is 0 Å². The van der Waals surface area contributed by atoms with Crippen molar-refractivity contribution in [1.29, 1.82) is 0 Å². The van der Waals surface area contributed by atoms with Crippen LogP contribution in [-0.2, 0) is 4.79 Å². The van der Waals surface area contributed by atoms with Crippen LogP contribution in [0.25, 0.3) is 0 Å². The highest BCUT2D eigenvalue weighted by Crippen LogP contribution is 2.35. The van der Waals surface area contributed by atoms with Crippen LogP contribution in [-0.4, -0.2) is 60.6 Å². The number of aliphatic hydroxyl groups excluding tert-OH is 1. The molecule has 0 spiro atoms. The molecule has 2 aromatic rings. The van der Waals surface area contributed by atoms with E-state index < -0.39 is 12.1 Å². The van der Waals surface area contributed by atoms with Crippen LogP contribution in [0.5, 0.6) is 11.5 Å². The fraction of sp³-hybridized carbons (Fsp3) is 0.500. The smallest absolute Gasteiger partial charge is 0.223 e. The number of benzene rings is 2. The Morgan fingerprint density at radius 3 is 2.44 bits per heavy atom. The van der Waals surface area contributed by atoms with Gasteiger partial charge in [0.2, 0.25) is 5.91 Å². The third-order valence-electron chi connectivity index (χ3n) is 7.57. The van der Waals surface area contributed by atoms with E-state index in [-0.39, 0.29) is 29.3 Å². The second kappa shape index (κ2) is 11.0. The fourth-order valence-corrected chi connectivity index (χ4v) is 5.55. The third kappa shape index (κ3) is 5.55. The first-order valence-corrected chi connectivity index (χ1v) is 12.9. The maximum absolute atomic E-state index is 13.3. The summed E-state index contributed by atoms with van der Waals surface area (Å²) >= 11 is 0. The number of halogens is 1. The second-order valence-electron chi connectivity index (χ2n) is 10.0. The molecule has 0 aromatic heterocycles. The summed E-state index contributed by atoms with van der Waals surface area (Å²) in [5.74, 6) is 0.136. The van der Waals surface area contributed by atoms with Crippen LogP contribution >= 0.6 is 0 Å². The number of likely N-dealkylation sites (tertiary alicyclic amines) is 1. The molecular weight excluding hydrogens is 463 g/mol. The highest BCUT2D eigenvalue weighted by molar-refractivity contribution is 5.98. The topological polar surface area (TPSA) is 88.1 Å². The highest BCUT2D eigenvalue weighted by Gasteiger charge is 2.36. The van der Waals surface area contributed by atoms with Gasteiger partial charge in [-0.15, -0.1) is 0 Å². The molecule has 4 atom stereocenters. The first-order valence-electron chi connectivity index (χ1n) is 12.9. The highest BCUT2D eigenvalue weighted by atomic mass is 19.1. The monoisotopic (exact) mass is 496 g/mol. The standard InChI is InChI=1S/C28H33FN2O5/c29-22-8-5-18(6-9-22)26(32)19-3-4-21(15-19)28(34)30-23(17-31-11-1-2-12-31)27(33)20-7-10-24-25(16-20)36-14-13-35-24/h5-10,16,19,21,23,27,33H,1-4,11-15,17H2,(H,30,34)/t19-,21+,23-,27?/m1/s1. The van der Waals surface area contributed by atoms with E-state index in [9.17, 15) is 19.1 Å². The number of amides is 1. The summed E-state index contributed by atoms with van der Waals surface area (Å²) < 4.78 is 24.5. The molecule has 36 heavy (non-hydrogen) atoms. The number of Topliss-reactive ketones (excluding diaryl/α,β-unsaturated/α-hetero) is 1. The number of aliphatic hydroxyl groups is 1. The van der Waals surface area contributed by atoms with Crippen LogP contribution in [0.1, 0.15) is 54.1 Å². The molecule has 1 amide bonds. The van der Waals surface area contributed by atoms with Crippen LogP contribution in [0.2, 0.25) is 0 Å². The van der Waals surface area contributed by atoms with Gasteiger partial charge in [0.1, 0.15) is 25.1 Å². The maximum Gasteiger partial charge on any atom is 0.223 e. The van der Waals surface area contributed by atoms with Crippen molar-refractivity contribution in [2.45, 2.75) is 44.2 Å². The zero-order valence-corrected chi connectivity index (χ0v) is 20.3. The van der Waals surface area contributed by atoms with Gasteiger partial charge in [-0.2, -0.15) is 0 Å². The summed E-state index contributed by atoms with van der Waals surface area (Å²) in [7, 11) is 0. The molecule has 2 N–H and O–H groups in total. The number of ether oxygens (including phenoxy) is 2. The van der Waals surface area contributed by atoms with Gasteiger partial charge in [-0.1, -0.05) is 6.07 Å². The van der Waals surface area contributed by atoms with Gasteiger partial charge in [0.05, 0.1) is 6.04 Å². The van der Waals surface area contributed by atoms with Gasteiger partial charge in [0, 0.05) is 23.9 Å². The summed E-state index contributed by atoms with van der Waals surface area (Å²) in [6.07, 6.45) is 2.99. The number of hydrogen-bond acceptors (Lipinski definition) is 6. The van der Waals surface area contributed by atoms with Crippen molar-refractivity contribution in [3.63, 3.8) is 0 Å². The average molecular weight is 497 g/mol. The minimum Gasteiger partial charge on any atom is -0.486 e. The van der Waals surface area contributed by atoms with E-state index in [0.717, 1.165) is 25.9 Å². The molecule has 2 aromatic carbocycles. The van der Waals surface area contributed by atoms with Crippen LogP contribution in [0.4, 0.5) is 4.39 Å². The number of nitrogens with zero attached hydrogens (tertiary/aromatic N) is 1. The second-order valence-corrected chi connectivity index (χ2v) is 10.0. The lowest BCUT2D eigenvalue weighted by Crippen LogP contribution is -2.48. The number of carbonyl (C=O) groups is 2. The van der Waals surface area contributed by atoms with E-state index in [1.165, 1.54) is 24.3 Å². The van der Waals surface area contributed by atoms with Crippen LogP contribution in [0.15, 0.2) is 42.5 Å². The Kier molecular flexibility index (Phi) is 7.53.